The first kappa shape index (κ1) is 18.7. The predicted molar refractivity (Wildman–Crippen MR) is 106 cm³/mol. The van der Waals surface area contributed by atoms with E-state index < -0.39 is 9.45 Å². The summed E-state index contributed by atoms with van der Waals surface area (Å²) in [5, 5.41) is 0.0329. The van der Waals surface area contributed by atoms with Crippen molar-refractivity contribution >= 4 is 66.6 Å². The lowest BCUT2D eigenvalue weighted by Crippen LogP contribution is -2.43. The third-order valence-corrected chi connectivity index (χ3v) is 14.1. The summed E-state index contributed by atoms with van der Waals surface area (Å²) >= 11 is 4.84. The second-order valence-electron chi connectivity index (χ2n) is 5.17. The minimum atomic E-state index is -0.937. The Labute approximate surface area is 150 Å². The largest absolute Gasteiger partial charge is 0.333 e. The van der Waals surface area contributed by atoms with Crippen molar-refractivity contribution in [3.05, 3.63) is 0 Å². The van der Waals surface area contributed by atoms with Gasteiger partial charge < -0.3 is 9.80 Å². The molecule has 4 nitrogen and oxygen atoms in total. The summed E-state index contributed by atoms with van der Waals surface area (Å²) in [7, 11) is 4.58. The van der Waals surface area contributed by atoms with Crippen molar-refractivity contribution in [1.29, 1.82) is 0 Å². The first-order chi connectivity index (χ1) is 10.7. The van der Waals surface area contributed by atoms with Crippen LogP contribution in [0.4, 0.5) is 9.59 Å². The Kier molecular flexibility index (Phi) is 8.76. The molecule has 22 heavy (non-hydrogen) atoms. The Hall–Kier alpha value is 0.390. The summed E-state index contributed by atoms with van der Waals surface area (Å²) < 4.78 is 0. The van der Waals surface area contributed by atoms with E-state index in [9.17, 15) is 9.59 Å². The number of hydrogen-bond donors (Lipinski definition) is 0. The summed E-state index contributed by atoms with van der Waals surface area (Å²) in [6.45, 7) is 3.18. The minimum Gasteiger partial charge on any atom is -0.333 e. The van der Waals surface area contributed by atoms with E-state index in [2.05, 4.69) is 0 Å². The van der Waals surface area contributed by atoms with Crippen LogP contribution < -0.4 is 0 Å². The maximum Gasteiger partial charge on any atom is 0.294 e. The highest BCUT2D eigenvalue weighted by molar-refractivity contribution is 8.71. The fourth-order valence-corrected chi connectivity index (χ4v) is 13.4. The van der Waals surface area contributed by atoms with Crippen molar-refractivity contribution in [2.24, 2.45) is 0 Å². The highest BCUT2D eigenvalue weighted by atomic mass is 33.3. The Morgan fingerprint density at radius 1 is 0.773 bits per heavy atom. The SMILES string of the molecule is O=C(N1CCCCC1)S(=S=S=S=S=S)C(=O)N1CCCCC1. The number of piperidine rings is 2. The smallest absolute Gasteiger partial charge is 0.294 e. The fraction of sp³-hybridized carbons (Fsp3) is 0.833. The van der Waals surface area contributed by atoms with Gasteiger partial charge >= 0.3 is 0 Å². The van der Waals surface area contributed by atoms with Gasteiger partial charge in [-0.2, -0.15) is 0 Å². The van der Waals surface area contributed by atoms with Crippen LogP contribution in [0.2, 0.25) is 0 Å². The molecule has 0 radical (unpaired) electrons. The van der Waals surface area contributed by atoms with Crippen molar-refractivity contribution in [2.75, 3.05) is 26.2 Å². The standard InChI is InChI=1S/C12H20N2O2S6/c15-11(13-7-3-1-4-8-13)22(21-20-19-18-17)12(16)14-9-5-2-6-10-14/h1-10H2. The van der Waals surface area contributed by atoms with Crippen LogP contribution in [0.5, 0.6) is 0 Å². The number of carbonyl (C=O) groups is 2. The third kappa shape index (κ3) is 5.48. The van der Waals surface area contributed by atoms with Gasteiger partial charge in [-0.15, -0.1) is 0 Å². The van der Waals surface area contributed by atoms with Crippen molar-refractivity contribution in [2.45, 2.75) is 38.5 Å². The average Bonchev–Trinajstić information content (AvgIpc) is 2.59. The normalized spacial score (nSPS) is 18.8. The zero-order valence-corrected chi connectivity index (χ0v) is 17.1. The molecular weight excluding hydrogens is 397 g/mol. The average molecular weight is 417 g/mol. The molecule has 2 fully saturated rings. The first-order valence-corrected chi connectivity index (χ1v) is 14.8. The van der Waals surface area contributed by atoms with E-state index in [0.717, 1.165) is 51.9 Å². The number of amides is 2. The molecule has 126 valence electrons. The van der Waals surface area contributed by atoms with Gasteiger partial charge in [0.1, 0.15) is 0 Å². The van der Waals surface area contributed by atoms with E-state index >= 15 is 0 Å². The Morgan fingerprint density at radius 2 is 1.23 bits per heavy atom. The summed E-state index contributed by atoms with van der Waals surface area (Å²) in [5.41, 5.74) is 0. The van der Waals surface area contributed by atoms with Crippen LogP contribution >= 0.6 is 0 Å². The molecule has 2 amide bonds. The van der Waals surface area contributed by atoms with Crippen LogP contribution in [0, 0.1) is 0 Å². The fourth-order valence-electron chi connectivity index (χ4n) is 2.57. The van der Waals surface area contributed by atoms with Crippen molar-refractivity contribution in [3.63, 3.8) is 0 Å². The maximum absolute atomic E-state index is 12.8. The molecular formula is C12H20N2O2S6. The molecule has 0 aromatic heterocycles. The summed E-state index contributed by atoms with van der Waals surface area (Å²) in [6, 6.07) is 0. The molecule has 0 aromatic carbocycles. The zero-order valence-electron chi connectivity index (χ0n) is 12.2. The number of likely N-dealkylation sites (tertiary alicyclic amines) is 2. The van der Waals surface area contributed by atoms with E-state index in [4.69, 9.17) is 11.2 Å². The van der Waals surface area contributed by atoms with E-state index in [0.29, 0.717) is 0 Å². The molecule has 0 aliphatic carbocycles. The van der Waals surface area contributed by atoms with Crippen LogP contribution in [-0.2, 0) is 56.2 Å². The molecule has 2 aliphatic rings. The lowest BCUT2D eigenvalue weighted by atomic mass is 10.1. The molecule has 10 heteroatoms. The molecule has 0 spiro atoms. The van der Waals surface area contributed by atoms with E-state index in [1.165, 1.54) is 48.4 Å². The summed E-state index contributed by atoms with van der Waals surface area (Å²) in [4.78, 5) is 29.3. The molecule has 0 atom stereocenters. The predicted octanol–water partition coefficient (Wildman–Crippen LogP) is 2.27. The molecule has 0 bridgehead atoms. The lowest BCUT2D eigenvalue weighted by Gasteiger charge is -2.30. The van der Waals surface area contributed by atoms with Crippen molar-refractivity contribution in [3.8, 4) is 0 Å². The minimum absolute atomic E-state index is 0.0164. The second-order valence-corrected chi connectivity index (χ2v) is 14.5. The van der Waals surface area contributed by atoms with Gasteiger partial charge in [0.25, 0.3) is 10.5 Å². The van der Waals surface area contributed by atoms with Gasteiger partial charge in [-0.3, -0.25) is 9.59 Å². The van der Waals surface area contributed by atoms with Gasteiger partial charge in [0.15, 0.2) is 0 Å². The highest BCUT2D eigenvalue weighted by Crippen LogP contribution is 2.15. The van der Waals surface area contributed by atoms with Crippen LogP contribution in [0.25, 0.3) is 0 Å². The van der Waals surface area contributed by atoms with E-state index in [1.807, 2.05) is 9.80 Å². The van der Waals surface area contributed by atoms with Gasteiger partial charge in [-0.25, -0.2) is 0 Å². The van der Waals surface area contributed by atoms with Gasteiger partial charge in [-0.1, -0.05) is 0 Å². The first-order valence-electron chi connectivity index (χ1n) is 7.36. The van der Waals surface area contributed by atoms with Gasteiger partial charge in [-0.05, 0) is 85.2 Å². The molecule has 2 aliphatic heterocycles. The van der Waals surface area contributed by atoms with Crippen molar-refractivity contribution in [1.82, 2.24) is 9.80 Å². The topological polar surface area (TPSA) is 40.6 Å². The highest BCUT2D eigenvalue weighted by Gasteiger charge is 2.28. The summed E-state index contributed by atoms with van der Waals surface area (Å²) in [6.07, 6.45) is 6.57. The van der Waals surface area contributed by atoms with Gasteiger partial charge in [0, 0.05) is 26.2 Å². The molecule has 0 N–H and O–H groups in total. The number of carbonyl (C=O) groups excluding carboxylic acids is 2. The Bertz CT molecular complexity index is 569. The number of nitrogens with zero attached hydrogens (tertiary/aromatic N) is 2. The van der Waals surface area contributed by atoms with E-state index in [1.54, 1.807) is 0 Å². The lowest BCUT2D eigenvalue weighted by molar-refractivity contribution is 0.206. The van der Waals surface area contributed by atoms with Crippen LogP contribution in [0.1, 0.15) is 38.5 Å². The Morgan fingerprint density at radius 3 is 1.64 bits per heavy atom. The van der Waals surface area contributed by atoms with Crippen LogP contribution in [0.3, 0.4) is 0 Å². The maximum atomic E-state index is 12.8. The Balaban J connectivity index is 2.28. The molecule has 2 saturated heterocycles. The zero-order chi connectivity index (χ0) is 15.8. The van der Waals surface area contributed by atoms with Gasteiger partial charge in [0.2, 0.25) is 0 Å². The quantitative estimate of drug-likeness (QED) is 0.608. The van der Waals surface area contributed by atoms with Crippen LogP contribution in [0.15, 0.2) is 0 Å². The molecule has 2 rings (SSSR count). The molecule has 0 aromatic rings. The van der Waals surface area contributed by atoms with E-state index in [-0.39, 0.29) is 10.5 Å². The van der Waals surface area contributed by atoms with Gasteiger partial charge in [0.05, 0.1) is 9.45 Å². The number of rotatable bonds is 0. The number of hydrogen-bond acceptors (Lipinski definition) is 3. The third-order valence-electron chi connectivity index (χ3n) is 3.70. The summed E-state index contributed by atoms with van der Waals surface area (Å²) in [5.74, 6) is 0. The molecule has 2 heterocycles. The van der Waals surface area contributed by atoms with Crippen molar-refractivity contribution < 1.29 is 9.59 Å². The van der Waals surface area contributed by atoms with Crippen LogP contribution in [-0.4, -0.2) is 46.5 Å². The molecule has 0 unspecified atom stereocenters. The monoisotopic (exact) mass is 416 g/mol. The molecule has 0 saturated carbocycles. The second kappa shape index (κ2) is 10.3.